The zero-order chi connectivity index (χ0) is 22.0. The summed E-state index contributed by atoms with van der Waals surface area (Å²) in [6, 6.07) is 11.9. The van der Waals surface area contributed by atoms with E-state index in [-0.39, 0.29) is 34.2 Å². The lowest BCUT2D eigenvalue weighted by Crippen LogP contribution is -2.02. The van der Waals surface area contributed by atoms with E-state index in [1.807, 2.05) is 6.07 Å². The Kier molecular flexibility index (Phi) is 5.23. The van der Waals surface area contributed by atoms with Crippen LogP contribution in [0.3, 0.4) is 0 Å². The van der Waals surface area contributed by atoms with E-state index in [9.17, 15) is 14.7 Å². The summed E-state index contributed by atoms with van der Waals surface area (Å²) in [4.78, 5) is 28.9. The highest BCUT2D eigenvalue weighted by Gasteiger charge is 2.21. The van der Waals surface area contributed by atoms with Crippen LogP contribution in [0.25, 0.3) is 10.8 Å². The number of benzene rings is 2. The molecule has 9 nitrogen and oxygen atoms in total. The Morgan fingerprint density at radius 2 is 1.81 bits per heavy atom. The zero-order valence-corrected chi connectivity index (χ0v) is 16.7. The third-order valence-electron chi connectivity index (χ3n) is 4.74. The van der Waals surface area contributed by atoms with Crippen molar-refractivity contribution in [2.24, 2.45) is 17.3 Å². The largest absolute Gasteiger partial charge is 0.505 e. The summed E-state index contributed by atoms with van der Waals surface area (Å²) in [7, 11) is 2.85. The predicted octanol–water partition coefficient (Wildman–Crippen LogP) is 4.11. The topological polar surface area (TPSA) is 119 Å². The number of rotatable bonds is 5. The van der Waals surface area contributed by atoms with E-state index in [4.69, 9.17) is 4.74 Å². The minimum atomic E-state index is -0.613. The van der Waals surface area contributed by atoms with Gasteiger partial charge in [0.1, 0.15) is 11.3 Å². The Hall–Kier alpha value is -4.40. The minimum absolute atomic E-state index is 0.0806. The van der Waals surface area contributed by atoms with Crippen LogP contribution >= 0.6 is 0 Å². The second-order valence-electron chi connectivity index (χ2n) is 6.60. The normalized spacial score (nSPS) is 11.2. The number of pyridine rings is 1. The molecule has 2 aromatic carbocycles. The second-order valence-corrected chi connectivity index (χ2v) is 6.60. The molecule has 0 saturated carbocycles. The number of ketones is 1. The quantitative estimate of drug-likeness (QED) is 0.298. The number of azo groups is 1. The maximum Gasteiger partial charge on any atom is 0.343 e. The number of carbonyl (C=O) groups excluding carboxylic acids is 2. The van der Waals surface area contributed by atoms with Gasteiger partial charge < -0.3 is 9.84 Å². The van der Waals surface area contributed by atoms with Gasteiger partial charge in [-0.25, -0.2) is 9.48 Å². The number of aromatic nitrogens is 3. The molecule has 1 N–H and O–H groups in total. The number of aromatic hydroxyl groups is 1. The van der Waals surface area contributed by atoms with Crippen molar-refractivity contribution < 1.29 is 19.4 Å². The second kappa shape index (κ2) is 8.15. The molecule has 0 aliphatic rings. The van der Waals surface area contributed by atoms with Gasteiger partial charge in [0.25, 0.3) is 0 Å². The van der Waals surface area contributed by atoms with Gasteiger partial charge in [0, 0.05) is 30.4 Å². The molecule has 2 aromatic heterocycles. The number of hydrogen-bond donors (Lipinski definition) is 1. The van der Waals surface area contributed by atoms with Crippen LogP contribution in [0, 0.1) is 0 Å². The van der Waals surface area contributed by atoms with Gasteiger partial charge in [-0.3, -0.25) is 9.78 Å². The van der Waals surface area contributed by atoms with Crippen molar-refractivity contribution in [3.8, 4) is 5.75 Å². The molecule has 0 spiro atoms. The molecule has 0 atom stereocenters. The van der Waals surface area contributed by atoms with Crippen LogP contribution in [-0.2, 0) is 11.8 Å². The Labute approximate surface area is 176 Å². The molecule has 0 saturated heterocycles. The lowest BCUT2D eigenvalue weighted by molar-refractivity contribution is 0.0601. The number of nitrogens with zero attached hydrogens (tertiary/aromatic N) is 5. The molecule has 0 fully saturated rings. The fraction of sp³-hybridized carbons (Fsp3) is 0.0909. The minimum Gasteiger partial charge on any atom is -0.505 e. The standard InChI is InChI=1S/C22H17N5O4/c1-27-21(17(12-24-27)22(30)31-2)26-25-18-15-6-4-3-5-14(15)11-16(20(18)29)19(28)13-7-9-23-10-8-13/h3-12,29H,1-2H3/b26-25+. The van der Waals surface area contributed by atoms with Crippen LogP contribution in [0.15, 0.2) is 71.3 Å². The number of carbonyl (C=O) groups is 2. The number of methoxy groups -OCH3 is 1. The van der Waals surface area contributed by atoms with Crippen molar-refractivity contribution in [3.05, 3.63) is 77.7 Å². The molecule has 0 aliphatic carbocycles. The van der Waals surface area contributed by atoms with Gasteiger partial charge in [0.05, 0.1) is 18.9 Å². The lowest BCUT2D eigenvalue weighted by Gasteiger charge is -2.10. The third kappa shape index (κ3) is 3.64. The molecule has 154 valence electrons. The smallest absolute Gasteiger partial charge is 0.343 e. The fourth-order valence-electron chi connectivity index (χ4n) is 3.15. The van der Waals surface area contributed by atoms with Crippen molar-refractivity contribution in [2.75, 3.05) is 7.11 Å². The summed E-state index contributed by atoms with van der Waals surface area (Å²) in [6.45, 7) is 0. The number of fused-ring (bicyclic) bond motifs is 1. The van der Waals surface area contributed by atoms with E-state index in [1.54, 1.807) is 43.4 Å². The lowest BCUT2D eigenvalue weighted by atomic mass is 9.98. The number of hydrogen-bond acceptors (Lipinski definition) is 8. The van der Waals surface area contributed by atoms with Crippen molar-refractivity contribution in [2.45, 2.75) is 0 Å². The fourth-order valence-corrected chi connectivity index (χ4v) is 3.15. The molecule has 0 amide bonds. The molecule has 4 rings (SSSR count). The highest BCUT2D eigenvalue weighted by atomic mass is 16.5. The number of esters is 1. The summed E-state index contributed by atoms with van der Waals surface area (Å²) in [5.74, 6) is -1.15. The third-order valence-corrected chi connectivity index (χ3v) is 4.74. The molecule has 0 radical (unpaired) electrons. The van der Waals surface area contributed by atoms with Crippen molar-refractivity contribution in [1.29, 1.82) is 0 Å². The van der Waals surface area contributed by atoms with Gasteiger partial charge in [-0.05, 0) is 23.6 Å². The average Bonchev–Trinajstić information content (AvgIpc) is 3.18. The van der Waals surface area contributed by atoms with Crippen LogP contribution in [0.4, 0.5) is 11.5 Å². The maximum atomic E-state index is 13.0. The Bertz CT molecular complexity index is 1330. The molecule has 0 unspecified atom stereocenters. The summed E-state index contributed by atoms with van der Waals surface area (Å²) >= 11 is 0. The highest BCUT2D eigenvalue weighted by Crippen LogP contribution is 2.40. The Morgan fingerprint density at radius 3 is 2.55 bits per heavy atom. The number of ether oxygens (including phenoxy) is 1. The van der Waals surface area contributed by atoms with E-state index >= 15 is 0 Å². The first kappa shape index (κ1) is 19.9. The van der Waals surface area contributed by atoms with Gasteiger partial charge in [-0.15, -0.1) is 10.2 Å². The van der Waals surface area contributed by atoms with Gasteiger partial charge in [0.15, 0.2) is 17.4 Å². The monoisotopic (exact) mass is 415 g/mol. The molecule has 0 bridgehead atoms. The van der Waals surface area contributed by atoms with Crippen LogP contribution < -0.4 is 0 Å². The summed E-state index contributed by atoms with van der Waals surface area (Å²) < 4.78 is 6.10. The van der Waals surface area contributed by atoms with E-state index in [0.717, 1.165) is 0 Å². The molecule has 4 aromatic rings. The predicted molar refractivity (Wildman–Crippen MR) is 112 cm³/mol. The van der Waals surface area contributed by atoms with Crippen LogP contribution in [0.1, 0.15) is 26.3 Å². The van der Waals surface area contributed by atoms with Gasteiger partial charge in [0.2, 0.25) is 0 Å². The number of aryl methyl sites for hydroxylation is 1. The highest BCUT2D eigenvalue weighted by molar-refractivity contribution is 6.14. The summed E-state index contributed by atoms with van der Waals surface area (Å²) in [6.07, 6.45) is 4.33. The van der Waals surface area contributed by atoms with E-state index in [1.165, 1.54) is 30.4 Å². The molecule has 31 heavy (non-hydrogen) atoms. The Morgan fingerprint density at radius 1 is 1.06 bits per heavy atom. The average molecular weight is 415 g/mol. The first-order chi connectivity index (χ1) is 15.0. The first-order valence-electron chi connectivity index (χ1n) is 9.22. The van der Waals surface area contributed by atoms with E-state index in [0.29, 0.717) is 16.3 Å². The number of phenols is 1. The summed E-state index contributed by atoms with van der Waals surface area (Å²) in [5, 5.41) is 24.6. The van der Waals surface area contributed by atoms with Crippen LogP contribution in [-0.4, -0.2) is 38.7 Å². The SMILES string of the molecule is COC(=O)c1cnn(C)c1/N=N/c1c(O)c(C(=O)c2ccncc2)cc2ccccc12. The van der Waals surface area contributed by atoms with Crippen LogP contribution in [0.2, 0.25) is 0 Å². The van der Waals surface area contributed by atoms with Crippen molar-refractivity contribution >= 4 is 34.0 Å². The van der Waals surface area contributed by atoms with Crippen LogP contribution in [0.5, 0.6) is 5.75 Å². The molecular formula is C22H17N5O4. The molecule has 9 heteroatoms. The zero-order valence-electron chi connectivity index (χ0n) is 16.7. The van der Waals surface area contributed by atoms with E-state index < -0.39 is 5.97 Å². The van der Waals surface area contributed by atoms with Gasteiger partial charge in [-0.2, -0.15) is 5.10 Å². The van der Waals surface area contributed by atoms with Gasteiger partial charge >= 0.3 is 5.97 Å². The molecular weight excluding hydrogens is 398 g/mol. The Balaban J connectivity index is 1.88. The van der Waals surface area contributed by atoms with Crippen molar-refractivity contribution in [3.63, 3.8) is 0 Å². The van der Waals surface area contributed by atoms with Crippen molar-refractivity contribution in [1.82, 2.24) is 14.8 Å². The summed E-state index contributed by atoms with van der Waals surface area (Å²) in [5.41, 5.74) is 0.689. The number of phenolic OH excluding ortho intramolecular Hbond substituents is 1. The molecule has 0 aliphatic heterocycles. The first-order valence-corrected chi connectivity index (χ1v) is 9.22. The molecule has 2 heterocycles. The van der Waals surface area contributed by atoms with Gasteiger partial charge in [-0.1, -0.05) is 24.3 Å². The van der Waals surface area contributed by atoms with E-state index in [2.05, 4.69) is 20.3 Å². The maximum absolute atomic E-state index is 13.0.